The highest BCUT2D eigenvalue weighted by molar-refractivity contribution is 9.10. The van der Waals surface area contributed by atoms with Crippen LogP contribution in [0.5, 0.6) is 5.75 Å². The second-order valence-corrected chi connectivity index (χ2v) is 8.73. The largest absolute Gasteiger partial charge is 0.483 e. The highest BCUT2D eigenvalue weighted by Gasteiger charge is 2.12. The van der Waals surface area contributed by atoms with E-state index >= 15 is 0 Å². The molecule has 1 heterocycles. The SMILES string of the molecule is N#CC(=Cc1ccccc1OCC(=O)Nc1ccccc1)c1nc(-c2ccc(Br)cc2)cs1. The molecule has 0 fully saturated rings. The van der Waals surface area contributed by atoms with Crippen LogP contribution in [0.2, 0.25) is 0 Å². The minimum Gasteiger partial charge on any atom is -0.483 e. The van der Waals surface area contributed by atoms with E-state index in [-0.39, 0.29) is 12.5 Å². The molecular formula is C26H18BrN3O2S. The van der Waals surface area contributed by atoms with E-state index in [0.717, 1.165) is 15.7 Å². The zero-order valence-corrected chi connectivity index (χ0v) is 19.8. The number of nitrogens with one attached hydrogen (secondary N) is 1. The second kappa shape index (κ2) is 10.7. The molecule has 3 aromatic carbocycles. The number of nitrogens with zero attached hydrogens (tertiary/aromatic N) is 2. The van der Waals surface area contributed by atoms with Gasteiger partial charge in [-0.05, 0) is 36.4 Å². The van der Waals surface area contributed by atoms with Crippen LogP contribution in [0.15, 0.2) is 88.7 Å². The smallest absolute Gasteiger partial charge is 0.262 e. The van der Waals surface area contributed by atoms with E-state index in [1.165, 1.54) is 11.3 Å². The van der Waals surface area contributed by atoms with Crippen molar-refractivity contribution in [1.82, 2.24) is 4.98 Å². The lowest BCUT2D eigenvalue weighted by Gasteiger charge is -2.10. The van der Waals surface area contributed by atoms with E-state index < -0.39 is 0 Å². The zero-order valence-electron chi connectivity index (χ0n) is 17.4. The maximum absolute atomic E-state index is 12.2. The van der Waals surface area contributed by atoms with Gasteiger partial charge in [0.1, 0.15) is 16.8 Å². The Kier molecular flexibility index (Phi) is 7.30. The van der Waals surface area contributed by atoms with Crippen LogP contribution in [0.4, 0.5) is 5.69 Å². The van der Waals surface area contributed by atoms with Crippen LogP contribution in [0.1, 0.15) is 10.6 Å². The molecule has 0 saturated carbocycles. The van der Waals surface area contributed by atoms with E-state index in [2.05, 4.69) is 32.3 Å². The third-order valence-corrected chi connectivity index (χ3v) is 6.03. The van der Waals surface area contributed by atoms with E-state index in [1.807, 2.05) is 78.2 Å². The second-order valence-electron chi connectivity index (χ2n) is 6.96. The number of para-hydroxylation sites is 2. The fraction of sp³-hybridized carbons (Fsp3) is 0.0385. The summed E-state index contributed by atoms with van der Waals surface area (Å²) in [6, 6.07) is 26.6. The monoisotopic (exact) mass is 515 g/mol. The number of hydrogen-bond donors (Lipinski definition) is 1. The van der Waals surface area contributed by atoms with Crippen LogP contribution < -0.4 is 10.1 Å². The summed E-state index contributed by atoms with van der Waals surface area (Å²) in [5.74, 6) is 0.248. The number of anilines is 1. The number of aromatic nitrogens is 1. The Morgan fingerprint density at radius 2 is 1.79 bits per heavy atom. The number of benzene rings is 3. The molecule has 4 rings (SSSR count). The highest BCUT2D eigenvalue weighted by atomic mass is 79.9. The van der Waals surface area contributed by atoms with Crippen molar-refractivity contribution in [3.05, 3.63) is 99.3 Å². The van der Waals surface area contributed by atoms with Crippen LogP contribution in [0.25, 0.3) is 22.9 Å². The van der Waals surface area contributed by atoms with E-state index in [4.69, 9.17) is 4.74 Å². The van der Waals surface area contributed by atoms with Crippen LogP contribution in [0.3, 0.4) is 0 Å². The standard InChI is InChI=1S/C26H18BrN3O2S/c27-21-12-10-18(11-13-21)23-17-33-26(30-23)20(15-28)14-19-6-4-5-9-24(19)32-16-25(31)29-22-7-2-1-3-8-22/h1-14,17H,16H2,(H,29,31). The van der Waals surface area contributed by atoms with Crippen molar-refractivity contribution in [2.75, 3.05) is 11.9 Å². The van der Waals surface area contributed by atoms with Gasteiger partial charge in [0.25, 0.3) is 5.91 Å². The van der Waals surface area contributed by atoms with Gasteiger partial charge in [-0.15, -0.1) is 11.3 Å². The Balaban J connectivity index is 1.50. The van der Waals surface area contributed by atoms with Crippen molar-refractivity contribution in [2.45, 2.75) is 0 Å². The Bertz CT molecular complexity index is 1330. The summed E-state index contributed by atoms with van der Waals surface area (Å²) in [6.45, 7) is -0.146. The van der Waals surface area contributed by atoms with Gasteiger partial charge >= 0.3 is 0 Å². The summed E-state index contributed by atoms with van der Waals surface area (Å²) < 4.78 is 6.74. The van der Waals surface area contributed by atoms with Crippen molar-refractivity contribution in [1.29, 1.82) is 5.26 Å². The highest BCUT2D eigenvalue weighted by Crippen LogP contribution is 2.30. The topological polar surface area (TPSA) is 75.0 Å². The molecule has 5 nitrogen and oxygen atoms in total. The van der Waals surface area contributed by atoms with Gasteiger partial charge in [0.05, 0.1) is 11.3 Å². The minimum atomic E-state index is -0.264. The van der Waals surface area contributed by atoms with Gasteiger partial charge in [-0.3, -0.25) is 4.79 Å². The molecule has 7 heteroatoms. The van der Waals surface area contributed by atoms with Crippen LogP contribution >= 0.6 is 27.3 Å². The van der Waals surface area contributed by atoms with Crippen LogP contribution in [0, 0.1) is 11.3 Å². The first-order chi connectivity index (χ1) is 16.1. The minimum absolute atomic E-state index is 0.146. The summed E-state index contributed by atoms with van der Waals surface area (Å²) in [7, 11) is 0. The summed E-state index contributed by atoms with van der Waals surface area (Å²) in [5.41, 5.74) is 3.61. The lowest BCUT2D eigenvalue weighted by molar-refractivity contribution is -0.118. The van der Waals surface area contributed by atoms with Gasteiger partial charge in [0.15, 0.2) is 6.61 Å². The third kappa shape index (κ3) is 5.95. The van der Waals surface area contributed by atoms with E-state index in [9.17, 15) is 10.1 Å². The first-order valence-electron chi connectivity index (χ1n) is 10.0. The van der Waals surface area contributed by atoms with Gasteiger partial charge < -0.3 is 10.1 Å². The molecule has 33 heavy (non-hydrogen) atoms. The van der Waals surface area contributed by atoms with Gasteiger partial charge in [0, 0.05) is 26.7 Å². The maximum Gasteiger partial charge on any atom is 0.262 e. The lowest BCUT2D eigenvalue weighted by atomic mass is 10.1. The van der Waals surface area contributed by atoms with Gasteiger partial charge in [-0.25, -0.2) is 4.98 Å². The summed E-state index contributed by atoms with van der Waals surface area (Å²) in [4.78, 5) is 16.9. The van der Waals surface area contributed by atoms with Crippen LogP contribution in [-0.4, -0.2) is 17.5 Å². The van der Waals surface area contributed by atoms with Gasteiger partial charge in [0.2, 0.25) is 0 Å². The average molecular weight is 516 g/mol. The Morgan fingerprint density at radius 1 is 1.06 bits per heavy atom. The molecule has 1 amide bonds. The first kappa shape index (κ1) is 22.5. The molecule has 4 aromatic rings. The number of carbonyl (C=O) groups excluding carboxylic acids is 1. The molecule has 0 aliphatic rings. The Morgan fingerprint density at radius 3 is 2.55 bits per heavy atom. The number of thiazole rings is 1. The molecule has 0 aliphatic carbocycles. The number of halogens is 1. The molecule has 0 unspecified atom stereocenters. The summed E-state index contributed by atoms with van der Waals surface area (Å²) >= 11 is 4.84. The number of nitriles is 1. The van der Waals surface area contributed by atoms with Crippen molar-refractivity contribution < 1.29 is 9.53 Å². The number of amides is 1. The first-order valence-corrected chi connectivity index (χ1v) is 11.7. The molecule has 0 atom stereocenters. The number of allylic oxidation sites excluding steroid dienone is 1. The average Bonchev–Trinajstić information content (AvgIpc) is 3.33. The van der Waals surface area contributed by atoms with E-state index in [1.54, 1.807) is 12.1 Å². The molecule has 162 valence electrons. The molecule has 0 spiro atoms. The number of ether oxygens (including phenoxy) is 1. The molecular weight excluding hydrogens is 498 g/mol. The molecule has 0 aliphatic heterocycles. The predicted molar refractivity (Wildman–Crippen MR) is 136 cm³/mol. The zero-order chi connectivity index (χ0) is 23.0. The normalized spacial score (nSPS) is 11.0. The van der Waals surface area contributed by atoms with Gasteiger partial charge in [-0.1, -0.05) is 64.5 Å². The summed E-state index contributed by atoms with van der Waals surface area (Å²) in [6.07, 6.45) is 1.73. The van der Waals surface area contributed by atoms with Crippen molar-refractivity contribution in [2.24, 2.45) is 0 Å². The predicted octanol–water partition coefficient (Wildman–Crippen LogP) is 6.65. The number of hydrogen-bond acceptors (Lipinski definition) is 5. The van der Waals surface area contributed by atoms with Crippen molar-refractivity contribution >= 4 is 50.5 Å². The Hall–Kier alpha value is -3.73. The molecule has 0 bridgehead atoms. The Labute approximate surface area is 204 Å². The van der Waals surface area contributed by atoms with E-state index in [0.29, 0.717) is 27.6 Å². The number of rotatable bonds is 7. The molecule has 0 radical (unpaired) electrons. The summed E-state index contributed by atoms with van der Waals surface area (Å²) in [5, 5.41) is 15.1. The quantitative estimate of drug-likeness (QED) is 0.279. The van der Waals surface area contributed by atoms with Crippen molar-refractivity contribution in [3.8, 4) is 23.1 Å². The molecule has 1 N–H and O–H groups in total. The van der Waals surface area contributed by atoms with Crippen molar-refractivity contribution in [3.63, 3.8) is 0 Å². The molecule has 1 aromatic heterocycles. The van der Waals surface area contributed by atoms with Crippen LogP contribution in [-0.2, 0) is 4.79 Å². The fourth-order valence-corrected chi connectivity index (χ4v) is 4.10. The fourth-order valence-electron chi connectivity index (χ4n) is 3.04. The third-order valence-electron chi connectivity index (χ3n) is 4.63. The van der Waals surface area contributed by atoms with Gasteiger partial charge in [-0.2, -0.15) is 5.26 Å². The molecule has 0 saturated heterocycles. The number of carbonyl (C=O) groups is 1. The lowest BCUT2D eigenvalue weighted by Crippen LogP contribution is -2.20. The maximum atomic E-state index is 12.2.